The Labute approximate surface area is 117 Å². The van der Waals surface area contributed by atoms with Gasteiger partial charge < -0.3 is 10.6 Å². The molecular formula is C14H17ClN2O2. The number of hydrogen-bond acceptors (Lipinski definition) is 2. The van der Waals surface area contributed by atoms with Crippen LogP contribution in [0.2, 0.25) is 0 Å². The normalized spacial score (nSPS) is 11.5. The van der Waals surface area contributed by atoms with E-state index in [-0.39, 0.29) is 23.6 Å². The molecule has 1 aromatic carbocycles. The molecule has 1 unspecified atom stereocenters. The van der Waals surface area contributed by atoms with Crippen molar-refractivity contribution in [2.24, 2.45) is 5.92 Å². The minimum Gasteiger partial charge on any atom is -0.349 e. The molecular weight excluding hydrogens is 264 g/mol. The minimum absolute atomic E-state index is 0.140. The largest absolute Gasteiger partial charge is 0.349 e. The molecule has 0 aliphatic carbocycles. The van der Waals surface area contributed by atoms with Crippen LogP contribution in [0.15, 0.2) is 36.9 Å². The number of carbonyl (C=O) groups excluding carboxylic acids is 2. The Morgan fingerprint density at radius 2 is 2.00 bits per heavy atom. The molecule has 102 valence electrons. The van der Waals surface area contributed by atoms with Gasteiger partial charge in [-0.2, -0.15) is 0 Å². The number of halogens is 1. The molecule has 0 radical (unpaired) electrons. The Bertz CT molecular complexity index is 457. The zero-order valence-electron chi connectivity index (χ0n) is 10.8. The third-order valence-electron chi connectivity index (χ3n) is 2.50. The molecule has 0 aliphatic heterocycles. The van der Waals surface area contributed by atoms with Crippen molar-refractivity contribution in [2.45, 2.75) is 6.92 Å². The molecule has 1 atom stereocenters. The lowest BCUT2D eigenvalue weighted by Gasteiger charge is -2.09. The van der Waals surface area contributed by atoms with Crippen LogP contribution in [0.25, 0.3) is 0 Å². The highest BCUT2D eigenvalue weighted by Gasteiger charge is 2.11. The van der Waals surface area contributed by atoms with Crippen LogP contribution in [0.1, 0.15) is 17.3 Å². The van der Waals surface area contributed by atoms with Gasteiger partial charge in [0, 0.05) is 29.6 Å². The zero-order chi connectivity index (χ0) is 14.3. The summed E-state index contributed by atoms with van der Waals surface area (Å²) in [6, 6.07) is 6.67. The second kappa shape index (κ2) is 7.59. The lowest BCUT2D eigenvalue weighted by Crippen LogP contribution is -2.23. The van der Waals surface area contributed by atoms with E-state index in [2.05, 4.69) is 17.2 Å². The summed E-state index contributed by atoms with van der Waals surface area (Å²) >= 11 is 5.61. The van der Waals surface area contributed by atoms with Crippen molar-refractivity contribution in [3.8, 4) is 0 Å². The Hall–Kier alpha value is -1.81. The zero-order valence-corrected chi connectivity index (χ0v) is 11.5. The van der Waals surface area contributed by atoms with Gasteiger partial charge in [-0.15, -0.1) is 18.2 Å². The van der Waals surface area contributed by atoms with Crippen molar-refractivity contribution < 1.29 is 9.59 Å². The average Bonchev–Trinajstić information content (AvgIpc) is 2.44. The first-order valence-corrected chi connectivity index (χ1v) is 6.48. The van der Waals surface area contributed by atoms with Crippen LogP contribution < -0.4 is 10.6 Å². The lowest BCUT2D eigenvalue weighted by atomic mass is 10.1. The van der Waals surface area contributed by atoms with E-state index in [1.54, 1.807) is 37.3 Å². The van der Waals surface area contributed by atoms with E-state index in [9.17, 15) is 9.59 Å². The molecule has 0 bridgehead atoms. The van der Waals surface area contributed by atoms with Crippen molar-refractivity contribution in [3.63, 3.8) is 0 Å². The second-order valence-corrected chi connectivity index (χ2v) is 4.43. The predicted octanol–water partition coefficient (Wildman–Crippen LogP) is 2.42. The highest BCUT2D eigenvalue weighted by atomic mass is 35.5. The summed E-state index contributed by atoms with van der Waals surface area (Å²) in [7, 11) is 0. The molecule has 5 heteroatoms. The number of hydrogen-bond donors (Lipinski definition) is 2. The summed E-state index contributed by atoms with van der Waals surface area (Å²) in [5.74, 6) is -0.295. The Kier molecular flexibility index (Phi) is 6.09. The van der Waals surface area contributed by atoms with E-state index in [1.165, 1.54) is 0 Å². The van der Waals surface area contributed by atoms with Gasteiger partial charge in [0.2, 0.25) is 5.91 Å². The third-order valence-corrected chi connectivity index (χ3v) is 2.96. The molecule has 1 rings (SSSR count). The maximum Gasteiger partial charge on any atom is 0.251 e. The van der Waals surface area contributed by atoms with Gasteiger partial charge in [0.25, 0.3) is 5.91 Å². The molecule has 4 nitrogen and oxygen atoms in total. The maximum atomic E-state index is 11.6. The molecule has 0 fully saturated rings. The van der Waals surface area contributed by atoms with Crippen LogP contribution in [0.3, 0.4) is 0 Å². The summed E-state index contributed by atoms with van der Waals surface area (Å²) in [6.07, 6.45) is 1.61. The van der Waals surface area contributed by atoms with E-state index >= 15 is 0 Å². The molecule has 1 aromatic rings. The summed E-state index contributed by atoms with van der Waals surface area (Å²) in [4.78, 5) is 23.2. The van der Waals surface area contributed by atoms with Crippen LogP contribution in [0, 0.1) is 5.92 Å². The van der Waals surface area contributed by atoms with E-state index < -0.39 is 0 Å². The van der Waals surface area contributed by atoms with E-state index in [0.717, 1.165) is 0 Å². The number of amides is 2. The number of carbonyl (C=O) groups is 2. The average molecular weight is 281 g/mol. The molecule has 2 N–H and O–H groups in total. The SMILES string of the molecule is C=CCNC(=O)c1ccc(NC(=O)C(C)CCl)cc1. The molecule has 0 spiro atoms. The Morgan fingerprint density at radius 1 is 1.37 bits per heavy atom. The highest BCUT2D eigenvalue weighted by Crippen LogP contribution is 2.11. The van der Waals surface area contributed by atoms with E-state index in [1.807, 2.05) is 0 Å². The van der Waals surface area contributed by atoms with Gasteiger partial charge in [-0.25, -0.2) is 0 Å². The van der Waals surface area contributed by atoms with Crippen LogP contribution in [-0.4, -0.2) is 24.2 Å². The number of benzene rings is 1. The summed E-state index contributed by atoms with van der Waals surface area (Å²) in [5, 5.41) is 5.41. The number of rotatable bonds is 6. The van der Waals surface area contributed by atoms with Crippen molar-refractivity contribution in [2.75, 3.05) is 17.7 Å². The summed E-state index contributed by atoms with van der Waals surface area (Å²) in [6.45, 7) is 5.70. The van der Waals surface area contributed by atoms with Gasteiger partial charge in [0.1, 0.15) is 0 Å². The molecule has 0 aromatic heterocycles. The van der Waals surface area contributed by atoms with Crippen molar-refractivity contribution >= 4 is 29.1 Å². The fraction of sp³-hybridized carbons (Fsp3) is 0.286. The number of nitrogens with one attached hydrogen (secondary N) is 2. The number of alkyl halides is 1. The lowest BCUT2D eigenvalue weighted by molar-refractivity contribution is -0.118. The topological polar surface area (TPSA) is 58.2 Å². The quantitative estimate of drug-likeness (QED) is 0.621. The van der Waals surface area contributed by atoms with Gasteiger partial charge in [0.05, 0.1) is 0 Å². The first kappa shape index (κ1) is 15.2. The molecule has 2 amide bonds. The van der Waals surface area contributed by atoms with Gasteiger partial charge >= 0.3 is 0 Å². The molecule has 19 heavy (non-hydrogen) atoms. The van der Waals surface area contributed by atoms with E-state index in [0.29, 0.717) is 17.8 Å². The fourth-order valence-corrected chi connectivity index (χ4v) is 1.45. The standard InChI is InChI=1S/C14H17ClN2O2/c1-3-8-16-14(19)11-4-6-12(7-5-11)17-13(18)10(2)9-15/h3-7,10H,1,8-9H2,2H3,(H,16,19)(H,17,18). The number of anilines is 1. The maximum absolute atomic E-state index is 11.6. The Morgan fingerprint density at radius 3 is 2.53 bits per heavy atom. The second-order valence-electron chi connectivity index (χ2n) is 4.12. The van der Waals surface area contributed by atoms with Crippen LogP contribution >= 0.6 is 11.6 Å². The van der Waals surface area contributed by atoms with Gasteiger partial charge in [-0.3, -0.25) is 9.59 Å². The van der Waals surface area contributed by atoms with Gasteiger partial charge in [0.15, 0.2) is 0 Å². The predicted molar refractivity (Wildman–Crippen MR) is 77.5 cm³/mol. The molecule has 0 heterocycles. The van der Waals surface area contributed by atoms with E-state index in [4.69, 9.17) is 11.6 Å². The van der Waals surface area contributed by atoms with Crippen LogP contribution in [-0.2, 0) is 4.79 Å². The van der Waals surface area contributed by atoms with Crippen molar-refractivity contribution in [3.05, 3.63) is 42.5 Å². The first-order chi connectivity index (χ1) is 9.08. The van der Waals surface area contributed by atoms with Gasteiger partial charge in [-0.1, -0.05) is 13.0 Å². The third kappa shape index (κ3) is 4.75. The van der Waals surface area contributed by atoms with Gasteiger partial charge in [-0.05, 0) is 24.3 Å². The van der Waals surface area contributed by atoms with Crippen molar-refractivity contribution in [1.29, 1.82) is 0 Å². The highest BCUT2D eigenvalue weighted by molar-refractivity contribution is 6.19. The summed E-state index contributed by atoms with van der Waals surface area (Å²) in [5.41, 5.74) is 1.17. The monoisotopic (exact) mass is 280 g/mol. The molecule has 0 saturated carbocycles. The summed E-state index contributed by atoms with van der Waals surface area (Å²) < 4.78 is 0. The molecule has 0 aliphatic rings. The first-order valence-electron chi connectivity index (χ1n) is 5.94. The van der Waals surface area contributed by atoms with Crippen molar-refractivity contribution in [1.82, 2.24) is 5.32 Å². The minimum atomic E-state index is -0.253. The fourth-order valence-electron chi connectivity index (χ4n) is 1.31. The van der Waals surface area contributed by atoms with Crippen LogP contribution in [0.5, 0.6) is 0 Å². The van der Waals surface area contributed by atoms with Crippen LogP contribution in [0.4, 0.5) is 5.69 Å². The Balaban J connectivity index is 2.63. The smallest absolute Gasteiger partial charge is 0.251 e. The molecule has 0 saturated heterocycles.